The fraction of sp³-hybridized carbons (Fsp3) is 0.643. The average Bonchev–Trinajstić information content (AvgIpc) is 2.88. The maximum Gasteiger partial charge on any atom is 0.246 e. The third kappa shape index (κ3) is 2.84. The number of rotatable bonds is 5. The number of carbonyl (C=O) groups excluding carboxylic acids is 2. The lowest BCUT2D eigenvalue weighted by Gasteiger charge is -2.40. The molecule has 2 amide bonds. The summed E-state index contributed by atoms with van der Waals surface area (Å²) in [6.07, 6.45) is 2.98. The molecule has 1 aliphatic heterocycles. The lowest BCUT2D eigenvalue weighted by molar-refractivity contribution is -0.152. The molecule has 0 spiro atoms. The van der Waals surface area contributed by atoms with Crippen molar-refractivity contribution in [2.24, 2.45) is 5.92 Å². The molecular weight excluding hydrogens is 258 g/mol. The molecule has 0 bridgehead atoms. The zero-order valence-corrected chi connectivity index (χ0v) is 12.1. The Morgan fingerprint density at radius 1 is 1.45 bits per heavy atom. The van der Waals surface area contributed by atoms with Gasteiger partial charge in [0.2, 0.25) is 11.8 Å². The van der Waals surface area contributed by atoms with Crippen molar-refractivity contribution in [3.63, 3.8) is 0 Å². The fourth-order valence-electron chi connectivity index (χ4n) is 2.61. The van der Waals surface area contributed by atoms with E-state index in [1.165, 1.54) is 6.26 Å². The van der Waals surface area contributed by atoms with E-state index in [-0.39, 0.29) is 17.7 Å². The van der Waals surface area contributed by atoms with Crippen LogP contribution in [-0.2, 0) is 16.1 Å². The van der Waals surface area contributed by atoms with Crippen LogP contribution in [0, 0.1) is 5.92 Å². The molecule has 20 heavy (non-hydrogen) atoms. The fourth-order valence-corrected chi connectivity index (χ4v) is 2.61. The zero-order chi connectivity index (χ0) is 14.7. The highest BCUT2D eigenvalue weighted by atomic mass is 16.5. The summed E-state index contributed by atoms with van der Waals surface area (Å²) in [6.45, 7) is 6.18. The van der Waals surface area contributed by atoms with Gasteiger partial charge in [0.25, 0.3) is 0 Å². The van der Waals surface area contributed by atoms with Crippen LogP contribution in [0.15, 0.2) is 16.9 Å². The molecule has 2 heterocycles. The molecule has 1 N–H and O–H groups in total. The van der Waals surface area contributed by atoms with Crippen molar-refractivity contribution < 1.29 is 14.1 Å². The predicted molar refractivity (Wildman–Crippen MR) is 72.5 cm³/mol. The van der Waals surface area contributed by atoms with Gasteiger partial charge in [0.15, 0.2) is 0 Å². The molecule has 0 aliphatic carbocycles. The summed E-state index contributed by atoms with van der Waals surface area (Å²) >= 11 is 0. The van der Waals surface area contributed by atoms with Gasteiger partial charge in [-0.3, -0.25) is 9.59 Å². The smallest absolute Gasteiger partial charge is 0.246 e. The Balaban J connectivity index is 2.24. The molecule has 1 aromatic heterocycles. The van der Waals surface area contributed by atoms with Crippen molar-refractivity contribution in [2.45, 2.75) is 52.2 Å². The molecular formula is C14H21N3O3. The highest BCUT2D eigenvalue weighted by Gasteiger charge is 2.41. The second kappa shape index (κ2) is 6.07. The van der Waals surface area contributed by atoms with Gasteiger partial charge in [-0.25, -0.2) is 0 Å². The number of nitrogens with one attached hydrogen (secondary N) is 1. The molecule has 0 saturated carbocycles. The van der Waals surface area contributed by atoms with E-state index in [0.29, 0.717) is 18.7 Å². The second-order valence-electron chi connectivity index (χ2n) is 5.50. The van der Waals surface area contributed by atoms with Gasteiger partial charge in [0.1, 0.15) is 24.0 Å². The van der Waals surface area contributed by atoms with Crippen molar-refractivity contribution in [3.05, 3.63) is 18.0 Å². The van der Waals surface area contributed by atoms with Crippen LogP contribution >= 0.6 is 0 Å². The minimum absolute atomic E-state index is 0.0341. The molecule has 2 unspecified atom stereocenters. The summed E-state index contributed by atoms with van der Waals surface area (Å²) in [7, 11) is 0. The van der Waals surface area contributed by atoms with Crippen molar-refractivity contribution in [3.8, 4) is 0 Å². The van der Waals surface area contributed by atoms with Gasteiger partial charge < -0.3 is 14.7 Å². The molecule has 1 aromatic rings. The second-order valence-corrected chi connectivity index (χ2v) is 5.50. The van der Waals surface area contributed by atoms with E-state index in [2.05, 4.69) is 10.5 Å². The third-order valence-corrected chi connectivity index (χ3v) is 3.53. The van der Waals surface area contributed by atoms with Gasteiger partial charge in [0, 0.05) is 6.07 Å². The Morgan fingerprint density at radius 2 is 2.20 bits per heavy atom. The maximum atomic E-state index is 12.6. The molecule has 110 valence electrons. The van der Waals surface area contributed by atoms with Gasteiger partial charge >= 0.3 is 0 Å². The largest absolute Gasteiger partial charge is 0.364 e. The minimum Gasteiger partial charge on any atom is -0.364 e. The van der Waals surface area contributed by atoms with Crippen LogP contribution < -0.4 is 5.32 Å². The highest BCUT2D eigenvalue weighted by molar-refractivity contribution is 5.97. The number of carbonyl (C=O) groups is 2. The first-order valence-corrected chi connectivity index (χ1v) is 7.04. The van der Waals surface area contributed by atoms with E-state index in [0.717, 1.165) is 6.42 Å². The molecule has 2 rings (SSSR count). The van der Waals surface area contributed by atoms with E-state index in [1.807, 2.05) is 20.8 Å². The number of hydrogen-bond donors (Lipinski definition) is 1. The topological polar surface area (TPSA) is 75.4 Å². The lowest BCUT2D eigenvalue weighted by atomic mass is 9.95. The third-order valence-electron chi connectivity index (χ3n) is 3.53. The first-order valence-electron chi connectivity index (χ1n) is 7.04. The molecule has 6 heteroatoms. The van der Waals surface area contributed by atoms with Crippen molar-refractivity contribution >= 4 is 11.8 Å². The number of nitrogens with zero attached hydrogens (tertiary/aromatic N) is 2. The van der Waals surface area contributed by atoms with Gasteiger partial charge in [0.05, 0.1) is 6.54 Å². The van der Waals surface area contributed by atoms with E-state index < -0.39 is 12.1 Å². The van der Waals surface area contributed by atoms with E-state index in [4.69, 9.17) is 4.52 Å². The van der Waals surface area contributed by atoms with E-state index in [9.17, 15) is 9.59 Å². The standard InChI is InChI=1S/C14H21N3O3/c1-4-5-11-14(19)17(8-10-6-7-20-16-10)12(9(2)3)13(18)15-11/h6-7,9,11-12H,4-5,8H2,1-3H3,(H,15,18). The summed E-state index contributed by atoms with van der Waals surface area (Å²) in [5, 5.41) is 6.67. The normalized spacial score (nSPS) is 23.3. The first-order chi connectivity index (χ1) is 9.54. The minimum atomic E-state index is -0.452. The summed E-state index contributed by atoms with van der Waals surface area (Å²) in [5.74, 6) is -0.0666. The van der Waals surface area contributed by atoms with Crippen LogP contribution in [0.25, 0.3) is 0 Å². The Labute approximate surface area is 118 Å². The van der Waals surface area contributed by atoms with Crippen LogP contribution in [0.3, 0.4) is 0 Å². The summed E-state index contributed by atoms with van der Waals surface area (Å²) in [4.78, 5) is 26.4. The number of hydrogen-bond acceptors (Lipinski definition) is 4. The summed E-state index contributed by atoms with van der Waals surface area (Å²) in [6, 6.07) is 0.841. The molecule has 1 saturated heterocycles. The summed E-state index contributed by atoms with van der Waals surface area (Å²) in [5.41, 5.74) is 0.661. The zero-order valence-electron chi connectivity index (χ0n) is 12.1. The van der Waals surface area contributed by atoms with E-state index in [1.54, 1.807) is 11.0 Å². The Hall–Kier alpha value is -1.85. The number of amides is 2. The molecule has 6 nitrogen and oxygen atoms in total. The average molecular weight is 279 g/mol. The Bertz CT molecular complexity index is 470. The lowest BCUT2D eigenvalue weighted by Crippen LogP contribution is -2.64. The van der Waals surface area contributed by atoms with Gasteiger partial charge in [-0.1, -0.05) is 32.3 Å². The van der Waals surface area contributed by atoms with Crippen molar-refractivity contribution in [2.75, 3.05) is 0 Å². The summed E-state index contributed by atoms with van der Waals surface area (Å²) < 4.78 is 4.80. The van der Waals surface area contributed by atoms with Crippen molar-refractivity contribution in [1.82, 2.24) is 15.4 Å². The maximum absolute atomic E-state index is 12.6. The molecule has 0 aromatic carbocycles. The van der Waals surface area contributed by atoms with Crippen molar-refractivity contribution in [1.29, 1.82) is 0 Å². The monoisotopic (exact) mass is 279 g/mol. The molecule has 1 fully saturated rings. The van der Waals surface area contributed by atoms with Crippen LogP contribution in [0.1, 0.15) is 39.3 Å². The van der Waals surface area contributed by atoms with Gasteiger partial charge in [-0.05, 0) is 12.3 Å². The van der Waals surface area contributed by atoms with Crippen LogP contribution in [-0.4, -0.2) is 34.0 Å². The van der Waals surface area contributed by atoms with Gasteiger partial charge in [-0.15, -0.1) is 0 Å². The predicted octanol–water partition coefficient (Wildman–Crippen LogP) is 1.33. The number of piperazine rings is 1. The van der Waals surface area contributed by atoms with Crippen LogP contribution in [0.4, 0.5) is 0 Å². The van der Waals surface area contributed by atoms with E-state index >= 15 is 0 Å². The first kappa shape index (κ1) is 14.6. The van der Waals surface area contributed by atoms with Gasteiger partial charge in [-0.2, -0.15) is 0 Å². The van der Waals surface area contributed by atoms with Crippen LogP contribution in [0.2, 0.25) is 0 Å². The highest BCUT2D eigenvalue weighted by Crippen LogP contribution is 2.21. The SMILES string of the molecule is CCCC1NC(=O)C(C(C)C)N(Cc2ccon2)C1=O. The molecule has 2 atom stereocenters. The molecule has 0 radical (unpaired) electrons. The Morgan fingerprint density at radius 3 is 2.75 bits per heavy atom. The van der Waals surface area contributed by atoms with Crippen LogP contribution in [0.5, 0.6) is 0 Å². The quantitative estimate of drug-likeness (QED) is 0.882. The Kier molecular flexibility index (Phi) is 4.42. The number of aromatic nitrogens is 1. The molecule has 1 aliphatic rings.